The van der Waals surface area contributed by atoms with Gasteiger partial charge in [-0.25, -0.2) is 22.1 Å². The standard InChI is InChI=1S/C11H18N10O6S2/c1-29(26,27)14-3-2-12-8-16-9(13-4-5-28(24)25)18-10(17-8)19-11-15-6(7(22)23)20-21-11/h14H,2-5H2,1H3,(H,22,23)(H,24,25)(H4,12,13,15,16,17,18,19,20,21). The van der Waals surface area contributed by atoms with Gasteiger partial charge in [0.15, 0.2) is 11.1 Å². The monoisotopic (exact) mass is 450 g/mol. The number of anilines is 4. The highest BCUT2D eigenvalue weighted by atomic mass is 32.2. The van der Waals surface area contributed by atoms with Crippen molar-refractivity contribution >= 4 is 50.9 Å². The molecule has 0 aliphatic rings. The number of hydrogen-bond donors (Lipinski definition) is 7. The second kappa shape index (κ2) is 10.0. The summed E-state index contributed by atoms with van der Waals surface area (Å²) in [4.78, 5) is 26.7. The fourth-order valence-corrected chi connectivity index (χ4v) is 2.51. The molecule has 1 atom stereocenters. The van der Waals surface area contributed by atoms with Gasteiger partial charge in [0.1, 0.15) is 0 Å². The van der Waals surface area contributed by atoms with E-state index in [1.54, 1.807) is 0 Å². The predicted molar refractivity (Wildman–Crippen MR) is 102 cm³/mol. The molecular formula is C11H18N10O6S2. The first-order valence-electron chi connectivity index (χ1n) is 7.81. The van der Waals surface area contributed by atoms with Crippen LogP contribution >= 0.6 is 0 Å². The second-order valence-electron chi connectivity index (χ2n) is 5.29. The molecule has 0 radical (unpaired) electrons. The van der Waals surface area contributed by atoms with E-state index in [-0.39, 0.29) is 49.2 Å². The molecule has 0 bridgehead atoms. The molecule has 0 fully saturated rings. The molecule has 18 heteroatoms. The van der Waals surface area contributed by atoms with Gasteiger partial charge >= 0.3 is 5.97 Å². The number of rotatable bonds is 12. The molecule has 2 heterocycles. The first-order chi connectivity index (χ1) is 13.6. The van der Waals surface area contributed by atoms with Gasteiger partial charge in [0.2, 0.25) is 39.6 Å². The Bertz CT molecular complexity index is 980. The van der Waals surface area contributed by atoms with E-state index in [1.165, 1.54) is 0 Å². The minimum absolute atomic E-state index is 0.0421. The van der Waals surface area contributed by atoms with Gasteiger partial charge in [-0.3, -0.25) is 10.4 Å². The number of carboxylic acids is 1. The van der Waals surface area contributed by atoms with E-state index in [0.717, 1.165) is 6.26 Å². The lowest BCUT2D eigenvalue weighted by Gasteiger charge is -2.10. The van der Waals surface area contributed by atoms with Crippen LogP contribution in [0.15, 0.2) is 0 Å². The molecule has 0 aliphatic carbocycles. The Balaban J connectivity index is 2.11. The van der Waals surface area contributed by atoms with Crippen LogP contribution < -0.4 is 20.7 Å². The third-order valence-electron chi connectivity index (χ3n) is 2.88. The highest BCUT2D eigenvalue weighted by molar-refractivity contribution is 7.88. The van der Waals surface area contributed by atoms with Crippen molar-refractivity contribution in [2.75, 3.05) is 47.6 Å². The molecule has 0 spiro atoms. The average molecular weight is 450 g/mol. The molecule has 0 aliphatic heterocycles. The van der Waals surface area contributed by atoms with E-state index in [0.29, 0.717) is 0 Å². The molecule has 0 saturated heterocycles. The second-order valence-corrected chi connectivity index (χ2v) is 8.17. The van der Waals surface area contributed by atoms with Crippen molar-refractivity contribution in [1.82, 2.24) is 34.9 Å². The molecule has 0 saturated carbocycles. The number of sulfonamides is 1. The van der Waals surface area contributed by atoms with Gasteiger partial charge in [-0.15, -0.1) is 5.10 Å². The molecular weight excluding hydrogens is 432 g/mol. The van der Waals surface area contributed by atoms with Crippen molar-refractivity contribution < 1.29 is 27.1 Å². The Morgan fingerprint density at radius 1 is 1.03 bits per heavy atom. The van der Waals surface area contributed by atoms with Crippen molar-refractivity contribution in [2.45, 2.75) is 0 Å². The van der Waals surface area contributed by atoms with Gasteiger partial charge in [-0.1, -0.05) is 0 Å². The number of nitrogens with zero attached hydrogens (tertiary/aromatic N) is 5. The van der Waals surface area contributed by atoms with E-state index in [4.69, 9.17) is 9.66 Å². The van der Waals surface area contributed by atoms with E-state index in [1.807, 2.05) is 0 Å². The topological polar surface area (TPSA) is 237 Å². The maximum atomic E-state index is 11.1. The Labute approximate surface area is 166 Å². The van der Waals surface area contributed by atoms with Crippen LogP contribution in [0.25, 0.3) is 0 Å². The summed E-state index contributed by atoms with van der Waals surface area (Å²) in [6.07, 6.45) is 1.02. The summed E-state index contributed by atoms with van der Waals surface area (Å²) in [5.74, 6) is -1.84. The summed E-state index contributed by atoms with van der Waals surface area (Å²) in [7, 11) is -3.35. The zero-order valence-electron chi connectivity index (χ0n) is 14.9. The summed E-state index contributed by atoms with van der Waals surface area (Å²) >= 11 is -2.01. The van der Waals surface area contributed by atoms with Gasteiger partial charge in [-0.05, 0) is 0 Å². The van der Waals surface area contributed by atoms with E-state index >= 15 is 0 Å². The molecule has 1 unspecified atom stereocenters. The van der Waals surface area contributed by atoms with Crippen LogP contribution in [0.1, 0.15) is 10.6 Å². The molecule has 16 nitrogen and oxygen atoms in total. The fourth-order valence-electron chi connectivity index (χ4n) is 1.76. The maximum absolute atomic E-state index is 11.1. The number of aromatic nitrogens is 6. The van der Waals surface area contributed by atoms with Crippen LogP contribution in [-0.2, 0) is 21.1 Å². The van der Waals surface area contributed by atoms with Gasteiger partial charge in [-0.2, -0.15) is 19.9 Å². The van der Waals surface area contributed by atoms with Crippen LogP contribution in [0.2, 0.25) is 0 Å². The van der Waals surface area contributed by atoms with Gasteiger partial charge in [0, 0.05) is 19.6 Å². The summed E-state index contributed by atoms with van der Waals surface area (Å²) in [5.41, 5.74) is 0. The number of H-pyrrole nitrogens is 1. The first kappa shape index (κ1) is 22.3. The zero-order valence-corrected chi connectivity index (χ0v) is 16.5. The summed E-state index contributed by atoms with van der Waals surface area (Å²) < 4.78 is 44.0. The smallest absolute Gasteiger partial charge is 0.373 e. The maximum Gasteiger partial charge on any atom is 0.373 e. The third kappa shape index (κ3) is 8.29. The van der Waals surface area contributed by atoms with Crippen molar-refractivity contribution in [3.8, 4) is 0 Å². The molecule has 2 rings (SSSR count). The Morgan fingerprint density at radius 2 is 1.66 bits per heavy atom. The van der Waals surface area contributed by atoms with E-state index in [2.05, 4.69) is 50.8 Å². The average Bonchev–Trinajstić information content (AvgIpc) is 3.06. The molecule has 2 aromatic heterocycles. The quantitative estimate of drug-likeness (QED) is 0.137. The van der Waals surface area contributed by atoms with Crippen LogP contribution in [0, 0.1) is 0 Å². The Hall–Kier alpha value is -2.96. The molecule has 160 valence electrons. The molecule has 2 aromatic rings. The van der Waals surface area contributed by atoms with Gasteiger partial charge in [0.25, 0.3) is 0 Å². The van der Waals surface area contributed by atoms with E-state index < -0.39 is 32.9 Å². The minimum atomic E-state index is -3.35. The summed E-state index contributed by atoms with van der Waals surface area (Å²) in [6.45, 7) is 0.314. The Kier molecular flexibility index (Phi) is 7.70. The predicted octanol–water partition coefficient (Wildman–Crippen LogP) is -1.97. The van der Waals surface area contributed by atoms with Crippen LogP contribution in [0.5, 0.6) is 0 Å². The number of carboxylic acid groups (broad SMARTS) is 1. The van der Waals surface area contributed by atoms with Crippen LogP contribution in [0.4, 0.5) is 23.8 Å². The third-order valence-corrected chi connectivity index (χ3v) is 4.16. The number of hydrogen-bond acceptors (Lipinski definition) is 12. The van der Waals surface area contributed by atoms with Crippen molar-refractivity contribution in [3.63, 3.8) is 0 Å². The highest BCUT2D eigenvalue weighted by Gasteiger charge is 2.13. The first-order valence-corrected chi connectivity index (χ1v) is 11.0. The largest absolute Gasteiger partial charge is 0.475 e. The van der Waals surface area contributed by atoms with E-state index in [9.17, 15) is 17.4 Å². The lowest BCUT2D eigenvalue weighted by Crippen LogP contribution is -2.28. The molecule has 7 N–H and O–H groups in total. The SMILES string of the molecule is CS(=O)(=O)NCCNc1nc(NCCS(=O)O)nc(Nc2n[nH]c(C(=O)O)n2)n1. The van der Waals surface area contributed by atoms with Crippen molar-refractivity contribution in [3.05, 3.63) is 5.82 Å². The highest BCUT2D eigenvalue weighted by Crippen LogP contribution is 2.12. The zero-order chi connectivity index (χ0) is 21.4. The number of aromatic carboxylic acids is 1. The van der Waals surface area contributed by atoms with Gasteiger partial charge in [0.05, 0.1) is 12.0 Å². The summed E-state index contributed by atoms with van der Waals surface area (Å²) in [5, 5.41) is 22.8. The number of carbonyl (C=O) groups is 1. The minimum Gasteiger partial charge on any atom is -0.475 e. The molecule has 0 amide bonds. The lowest BCUT2D eigenvalue weighted by atomic mass is 10.6. The van der Waals surface area contributed by atoms with Crippen molar-refractivity contribution in [2.24, 2.45) is 0 Å². The number of nitrogens with one attached hydrogen (secondary N) is 5. The van der Waals surface area contributed by atoms with Crippen molar-refractivity contribution in [1.29, 1.82) is 0 Å². The summed E-state index contributed by atoms with van der Waals surface area (Å²) in [6, 6.07) is 0. The van der Waals surface area contributed by atoms with Gasteiger partial charge < -0.3 is 20.3 Å². The number of aromatic amines is 1. The fraction of sp³-hybridized carbons (Fsp3) is 0.455. The Morgan fingerprint density at radius 3 is 2.21 bits per heavy atom. The molecule has 29 heavy (non-hydrogen) atoms. The lowest BCUT2D eigenvalue weighted by molar-refractivity contribution is 0.0684. The molecule has 0 aromatic carbocycles. The van der Waals surface area contributed by atoms with Crippen LogP contribution in [0.3, 0.4) is 0 Å². The van der Waals surface area contributed by atoms with Crippen LogP contribution in [-0.4, -0.2) is 90.0 Å². The normalized spacial score (nSPS) is 12.3.